The van der Waals surface area contributed by atoms with Gasteiger partial charge in [0.15, 0.2) is 0 Å². The Labute approximate surface area is 266 Å². The van der Waals surface area contributed by atoms with E-state index in [4.69, 9.17) is 4.74 Å². The maximum atomic E-state index is 13.8. The third-order valence-corrected chi connectivity index (χ3v) is 8.10. The molecular weight excluding hydrogens is 638 g/mol. The fraction of sp³-hybridized carbons (Fsp3) is 0.433. The van der Waals surface area contributed by atoms with Gasteiger partial charge in [-0.15, -0.1) is 12.4 Å². The van der Waals surface area contributed by atoms with Crippen LogP contribution >= 0.6 is 28.3 Å². The first-order chi connectivity index (χ1) is 19.9. The lowest BCUT2D eigenvalue weighted by molar-refractivity contribution is -0.143. The molecule has 1 saturated heterocycles. The summed E-state index contributed by atoms with van der Waals surface area (Å²) >= 11 is 3.55. The number of hydrogen-bond donors (Lipinski definition) is 4. The van der Waals surface area contributed by atoms with Crippen molar-refractivity contribution in [2.75, 3.05) is 31.3 Å². The molecule has 0 spiro atoms. The number of amides is 3. The number of aromatic nitrogens is 2. The highest BCUT2D eigenvalue weighted by atomic mass is 79.9. The summed E-state index contributed by atoms with van der Waals surface area (Å²) in [6, 6.07) is 9.22. The van der Waals surface area contributed by atoms with Crippen LogP contribution in [0.2, 0.25) is 0 Å². The van der Waals surface area contributed by atoms with E-state index in [1.807, 2.05) is 45.0 Å². The average molecular weight is 677 g/mol. The predicted octanol–water partition coefficient (Wildman–Crippen LogP) is 4.63. The van der Waals surface area contributed by atoms with Gasteiger partial charge in [-0.2, -0.15) is 0 Å². The van der Waals surface area contributed by atoms with E-state index in [2.05, 4.69) is 47.2 Å². The van der Waals surface area contributed by atoms with Crippen LogP contribution < -0.4 is 26.0 Å². The van der Waals surface area contributed by atoms with E-state index in [0.717, 1.165) is 10.2 Å². The van der Waals surface area contributed by atoms with Crippen LogP contribution in [0.1, 0.15) is 40.5 Å². The van der Waals surface area contributed by atoms with Gasteiger partial charge in [0, 0.05) is 22.5 Å². The molecule has 0 aliphatic carbocycles. The maximum Gasteiger partial charge on any atom is 0.247 e. The lowest BCUT2D eigenvalue weighted by atomic mass is 9.85. The lowest BCUT2D eigenvalue weighted by Crippen LogP contribution is -2.59. The van der Waals surface area contributed by atoms with Crippen LogP contribution in [0, 0.1) is 5.41 Å². The van der Waals surface area contributed by atoms with Gasteiger partial charge < -0.3 is 30.9 Å². The molecule has 1 aromatic heterocycles. The number of halogens is 2. The molecule has 4 rings (SSSR count). The Morgan fingerprint density at radius 1 is 1.12 bits per heavy atom. The molecule has 0 bridgehead atoms. The molecule has 13 heteroatoms. The molecule has 1 fully saturated rings. The van der Waals surface area contributed by atoms with E-state index in [9.17, 15) is 14.4 Å². The Bertz CT molecular complexity index is 1480. The second kappa shape index (κ2) is 14.3. The molecule has 232 valence electrons. The largest absolute Gasteiger partial charge is 0.494 e. The molecule has 2 aromatic carbocycles. The number of carbonyl (C=O) groups is 3. The van der Waals surface area contributed by atoms with E-state index in [0.29, 0.717) is 47.5 Å². The minimum absolute atomic E-state index is 0. The molecule has 4 N–H and O–H groups in total. The summed E-state index contributed by atoms with van der Waals surface area (Å²) in [5.41, 5.74) is 1.32. The third-order valence-electron chi connectivity index (χ3n) is 7.41. The molecule has 43 heavy (non-hydrogen) atoms. The van der Waals surface area contributed by atoms with Crippen LogP contribution in [0.15, 0.2) is 47.2 Å². The van der Waals surface area contributed by atoms with E-state index < -0.39 is 23.5 Å². The Balaban J connectivity index is 0.00000506. The fourth-order valence-corrected chi connectivity index (χ4v) is 5.26. The Morgan fingerprint density at radius 3 is 2.49 bits per heavy atom. The van der Waals surface area contributed by atoms with Gasteiger partial charge in [0.1, 0.15) is 30.0 Å². The molecule has 0 saturated carbocycles. The average Bonchev–Trinajstić information content (AvgIpc) is 3.46. The van der Waals surface area contributed by atoms with Crippen LogP contribution in [0.4, 0.5) is 17.2 Å². The quantitative estimate of drug-likeness (QED) is 0.258. The summed E-state index contributed by atoms with van der Waals surface area (Å²) in [4.78, 5) is 50.6. The molecule has 1 aliphatic heterocycles. The number of para-hydroxylation sites is 1. The number of carbonyl (C=O) groups excluding carboxylic acids is 3. The van der Waals surface area contributed by atoms with Crippen LogP contribution in [0.3, 0.4) is 0 Å². The normalized spacial score (nSPS) is 16.2. The molecule has 1 aliphatic rings. The van der Waals surface area contributed by atoms with Crippen molar-refractivity contribution < 1.29 is 19.1 Å². The van der Waals surface area contributed by atoms with E-state index in [1.165, 1.54) is 13.4 Å². The zero-order chi connectivity index (χ0) is 30.6. The maximum absolute atomic E-state index is 13.8. The highest BCUT2D eigenvalue weighted by Gasteiger charge is 2.42. The van der Waals surface area contributed by atoms with Gasteiger partial charge >= 0.3 is 0 Å². The second-order valence-electron chi connectivity index (χ2n) is 11.4. The highest BCUT2D eigenvalue weighted by Crippen LogP contribution is 2.35. The van der Waals surface area contributed by atoms with Crippen molar-refractivity contribution in [1.29, 1.82) is 0 Å². The predicted molar refractivity (Wildman–Crippen MR) is 174 cm³/mol. The molecule has 2 heterocycles. The summed E-state index contributed by atoms with van der Waals surface area (Å²) in [6.07, 6.45) is 2.64. The third kappa shape index (κ3) is 7.73. The first-order valence-electron chi connectivity index (χ1n) is 13.9. The molecule has 11 nitrogen and oxygen atoms in total. The van der Waals surface area contributed by atoms with Crippen LogP contribution in [-0.2, 0) is 14.4 Å². The van der Waals surface area contributed by atoms with Gasteiger partial charge in [0.2, 0.25) is 17.7 Å². The second-order valence-corrected chi connectivity index (χ2v) is 12.2. The van der Waals surface area contributed by atoms with Crippen molar-refractivity contribution in [2.24, 2.45) is 5.41 Å². The van der Waals surface area contributed by atoms with Crippen molar-refractivity contribution in [3.8, 4) is 5.75 Å². The van der Waals surface area contributed by atoms with E-state index in [1.54, 1.807) is 31.0 Å². The highest BCUT2D eigenvalue weighted by molar-refractivity contribution is 9.10. The first-order valence-corrected chi connectivity index (χ1v) is 14.7. The standard InChI is InChI=1S/C30H38BrN7O4.ClH/c1-17(32-5)27(39)37-25(30(2,3)4)29(41)38-13-9-12-23(38)28(40)36-22-14-18-21(15-24(22)42-6)33-16-34-26(18)35-20-11-8-7-10-19(20)31;/h7-8,10-11,14-17,23,25,32H,9,12-13H2,1-6H3,(H,36,40)(H,37,39)(H,33,34,35);1H/t17-,23?,25+;/m0./s1. The fourth-order valence-electron chi connectivity index (χ4n) is 4.87. The lowest BCUT2D eigenvalue weighted by Gasteiger charge is -2.36. The SMILES string of the molecule is CN[C@@H](C)C(=O)N[C@H](C(=O)N1CCCC1C(=O)Nc1cc2c(Nc3ccccc3Br)ncnc2cc1OC)C(C)(C)C.Cl. The van der Waals surface area contributed by atoms with Gasteiger partial charge in [0.05, 0.1) is 30.0 Å². The molecule has 0 radical (unpaired) electrons. The molecule has 1 unspecified atom stereocenters. The van der Waals surface area contributed by atoms with Crippen LogP contribution in [-0.4, -0.2) is 71.4 Å². The zero-order valence-corrected chi connectivity index (χ0v) is 27.6. The van der Waals surface area contributed by atoms with E-state index >= 15 is 0 Å². The number of hydrogen-bond acceptors (Lipinski definition) is 8. The number of ether oxygens (including phenoxy) is 1. The first kappa shape index (κ1) is 34.0. The Hall–Kier alpha value is -3.48. The van der Waals surface area contributed by atoms with Gasteiger partial charge in [-0.1, -0.05) is 32.9 Å². The number of rotatable bonds is 9. The monoisotopic (exact) mass is 675 g/mol. The Kier molecular flexibility index (Phi) is 11.3. The smallest absolute Gasteiger partial charge is 0.247 e. The van der Waals surface area contributed by atoms with Gasteiger partial charge in [0.25, 0.3) is 0 Å². The van der Waals surface area contributed by atoms with Gasteiger partial charge in [-0.3, -0.25) is 14.4 Å². The summed E-state index contributed by atoms with van der Waals surface area (Å²) in [7, 11) is 3.21. The number of nitrogens with zero attached hydrogens (tertiary/aromatic N) is 3. The van der Waals surface area contributed by atoms with Gasteiger partial charge in [-0.25, -0.2) is 9.97 Å². The summed E-state index contributed by atoms with van der Waals surface area (Å²) in [5.74, 6) is 0.0929. The summed E-state index contributed by atoms with van der Waals surface area (Å²) in [5, 5.41) is 12.8. The zero-order valence-electron chi connectivity index (χ0n) is 25.2. The number of fused-ring (bicyclic) bond motifs is 1. The number of benzene rings is 2. The molecular formula is C30H39BrClN7O4. The van der Waals surface area contributed by atoms with E-state index in [-0.39, 0.29) is 30.1 Å². The topological polar surface area (TPSA) is 138 Å². The van der Waals surface area contributed by atoms with Crippen molar-refractivity contribution in [3.63, 3.8) is 0 Å². The number of likely N-dealkylation sites (tertiary alicyclic amines) is 1. The number of nitrogens with one attached hydrogen (secondary N) is 4. The number of likely N-dealkylation sites (N-methyl/N-ethyl adjacent to an activating group) is 1. The molecule has 3 atom stereocenters. The summed E-state index contributed by atoms with van der Waals surface area (Å²) in [6.45, 7) is 7.84. The van der Waals surface area contributed by atoms with Crippen LogP contribution in [0.5, 0.6) is 5.75 Å². The minimum Gasteiger partial charge on any atom is -0.494 e. The summed E-state index contributed by atoms with van der Waals surface area (Å²) < 4.78 is 6.46. The van der Waals surface area contributed by atoms with Crippen LogP contribution in [0.25, 0.3) is 10.9 Å². The number of methoxy groups -OCH3 is 1. The number of anilines is 3. The van der Waals surface area contributed by atoms with Crippen molar-refractivity contribution in [1.82, 2.24) is 25.5 Å². The minimum atomic E-state index is -0.799. The van der Waals surface area contributed by atoms with Crippen molar-refractivity contribution >= 4 is 74.2 Å². The Morgan fingerprint density at radius 2 is 1.84 bits per heavy atom. The van der Waals surface area contributed by atoms with Crippen molar-refractivity contribution in [2.45, 2.75) is 58.7 Å². The van der Waals surface area contributed by atoms with Crippen molar-refractivity contribution in [3.05, 3.63) is 47.2 Å². The molecule has 3 amide bonds. The molecule has 3 aromatic rings. The van der Waals surface area contributed by atoms with Gasteiger partial charge in [-0.05, 0) is 66.4 Å².